The molecule has 0 amide bonds. The zero-order valence-electron chi connectivity index (χ0n) is 13.7. The van der Waals surface area contributed by atoms with Gasteiger partial charge in [-0.1, -0.05) is 17.7 Å². The minimum absolute atomic E-state index is 0.277. The van der Waals surface area contributed by atoms with Gasteiger partial charge in [-0.3, -0.25) is 4.99 Å². The molecule has 0 saturated heterocycles. The second kappa shape index (κ2) is 9.78. The molecule has 1 aromatic heterocycles. The number of hydrogen-bond acceptors (Lipinski definition) is 3. The summed E-state index contributed by atoms with van der Waals surface area (Å²) in [5, 5.41) is 6.70. The Hall–Kier alpha value is -2.41. The molecule has 134 valence electrons. The highest BCUT2D eigenvalue weighted by molar-refractivity contribution is 6.29. The van der Waals surface area contributed by atoms with Crippen molar-refractivity contribution in [3.63, 3.8) is 0 Å². The molecule has 5 nitrogen and oxygen atoms in total. The summed E-state index contributed by atoms with van der Waals surface area (Å²) in [7, 11) is 1.66. The van der Waals surface area contributed by atoms with E-state index in [-0.39, 0.29) is 12.4 Å². The minimum atomic E-state index is -0.931. The van der Waals surface area contributed by atoms with Gasteiger partial charge in [-0.25, -0.2) is 13.8 Å². The molecule has 0 aliphatic carbocycles. The predicted octanol–water partition coefficient (Wildman–Crippen LogP) is 2.80. The number of nitrogens with one attached hydrogen (secondary N) is 2. The molecule has 1 heterocycles. The number of hydrogen-bond donors (Lipinski definition) is 2. The molecule has 1 aromatic carbocycles. The molecule has 25 heavy (non-hydrogen) atoms. The van der Waals surface area contributed by atoms with Gasteiger partial charge in [-0.05, 0) is 30.2 Å². The van der Waals surface area contributed by atoms with Crippen molar-refractivity contribution in [3.8, 4) is 5.75 Å². The molecular formula is C17H19ClF2N4O. The summed E-state index contributed by atoms with van der Waals surface area (Å²) in [4.78, 5) is 8.12. The highest BCUT2D eigenvalue weighted by atomic mass is 35.5. The van der Waals surface area contributed by atoms with Crippen molar-refractivity contribution in [1.82, 2.24) is 15.6 Å². The molecule has 0 atom stereocenters. The summed E-state index contributed by atoms with van der Waals surface area (Å²) in [6.45, 7) is 1.42. The van der Waals surface area contributed by atoms with E-state index in [0.29, 0.717) is 24.2 Å². The fraction of sp³-hybridized carbons (Fsp3) is 0.294. The Kier molecular flexibility index (Phi) is 7.40. The number of ether oxygens (including phenoxy) is 1. The van der Waals surface area contributed by atoms with Crippen LogP contribution in [0.3, 0.4) is 0 Å². The van der Waals surface area contributed by atoms with Gasteiger partial charge in [0.2, 0.25) is 0 Å². The number of aromatic nitrogens is 1. The zero-order valence-corrected chi connectivity index (χ0v) is 14.5. The largest absolute Gasteiger partial charge is 0.492 e. The third-order valence-electron chi connectivity index (χ3n) is 3.27. The molecule has 0 fully saturated rings. The zero-order chi connectivity index (χ0) is 18.1. The molecule has 8 heteroatoms. The van der Waals surface area contributed by atoms with Gasteiger partial charge >= 0.3 is 0 Å². The van der Waals surface area contributed by atoms with Crippen molar-refractivity contribution in [2.75, 3.05) is 26.7 Å². The Morgan fingerprint density at radius 3 is 2.64 bits per heavy atom. The van der Waals surface area contributed by atoms with Gasteiger partial charge in [0.1, 0.15) is 17.5 Å². The number of pyridine rings is 1. The summed E-state index contributed by atoms with van der Waals surface area (Å²) in [5.41, 5.74) is 1.06. The van der Waals surface area contributed by atoms with Gasteiger partial charge in [-0.15, -0.1) is 0 Å². The third kappa shape index (κ3) is 6.54. The van der Waals surface area contributed by atoms with Crippen LogP contribution in [0.5, 0.6) is 5.75 Å². The summed E-state index contributed by atoms with van der Waals surface area (Å²) in [6.07, 6.45) is 2.51. The van der Waals surface area contributed by atoms with Crippen molar-refractivity contribution in [1.29, 1.82) is 0 Å². The van der Waals surface area contributed by atoms with E-state index in [9.17, 15) is 8.78 Å². The van der Waals surface area contributed by atoms with Crippen LogP contribution in [0.4, 0.5) is 8.78 Å². The van der Waals surface area contributed by atoms with E-state index in [1.807, 2.05) is 6.07 Å². The molecule has 0 bridgehead atoms. The number of guanidine groups is 1. The van der Waals surface area contributed by atoms with Crippen LogP contribution in [0.2, 0.25) is 5.15 Å². The highest BCUT2D eigenvalue weighted by Crippen LogP contribution is 2.14. The molecule has 0 aliphatic heterocycles. The van der Waals surface area contributed by atoms with Gasteiger partial charge in [0.15, 0.2) is 17.6 Å². The smallest absolute Gasteiger partial charge is 0.191 e. The van der Waals surface area contributed by atoms with Crippen LogP contribution in [-0.2, 0) is 6.42 Å². The monoisotopic (exact) mass is 368 g/mol. The van der Waals surface area contributed by atoms with Crippen LogP contribution in [0.15, 0.2) is 41.5 Å². The first-order chi connectivity index (χ1) is 12.1. The van der Waals surface area contributed by atoms with Gasteiger partial charge in [0, 0.05) is 25.9 Å². The molecular weight excluding hydrogens is 350 g/mol. The van der Waals surface area contributed by atoms with Crippen molar-refractivity contribution in [2.24, 2.45) is 4.99 Å². The Labute approximate surface area is 150 Å². The number of halogens is 3. The van der Waals surface area contributed by atoms with Crippen LogP contribution in [-0.4, -0.2) is 37.7 Å². The topological polar surface area (TPSA) is 58.5 Å². The van der Waals surface area contributed by atoms with E-state index in [0.717, 1.165) is 24.1 Å². The Morgan fingerprint density at radius 2 is 1.96 bits per heavy atom. The lowest BCUT2D eigenvalue weighted by atomic mass is 10.2. The maximum Gasteiger partial charge on any atom is 0.191 e. The summed E-state index contributed by atoms with van der Waals surface area (Å²) >= 11 is 5.74. The lowest BCUT2D eigenvalue weighted by Crippen LogP contribution is -2.40. The molecule has 0 aliphatic rings. The normalized spacial score (nSPS) is 11.3. The third-order valence-corrected chi connectivity index (χ3v) is 3.50. The SMILES string of the molecule is CN=C(NCCOc1ccc(F)c(F)c1)NCCc1ccc(Cl)nc1. The molecule has 2 N–H and O–H groups in total. The van der Waals surface area contributed by atoms with Crippen molar-refractivity contribution < 1.29 is 13.5 Å². The molecule has 0 saturated carbocycles. The van der Waals surface area contributed by atoms with Gasteiger partial charge < -0.3 is 15.4 Å². The second-order valence-corrected chi connectivity index (χ2v) is 5.48. The lowest BCUT2D eigenvalue weighted by molar-refractivity contribution is 0.318. The highest BCUT2D eigenvalue weighted by Gasteiger charge is 2.03. The van der Waals surface area contributed by atoms with E-state index in [1.54, 1.807) is 19.3 Å². The molecule has 0 unspecified atom stereocenters. The first kappa shape index (κ1) is 18.9. The predicted molar refractivity (Wildman–Crippen MR) is 94.2 cm³/mol. The molecule has 0 radical (unpaired) electrons. The van der Waals surface area contributed by atoms with Gasteiger partial charge in [0.25, 0.3) is 0 Å². The number of rotatable bonds is 7. The standard InChI is InChI=1S/C17H19ClF2N4O/c1-21-17(22-7-6-12-2-5-16(18)24-11-12)23-8-9-25-13-3-4-14(19)15(20)10-13/h2-5,10-11H,6-9H2,1H3,(H2,21,22,23). The van der Waals surface area contributed by atoms with Crippen molar-refractivity contribution >= 4 is 17.6 Å². The lowest BCUT2D eigenvalue weighted by Gasteiger charge is -2.12. The summed E-state index contributed by atoms with van der Waals surface area (Å²) < 4.78 is 31.2. The fourth-order valence-electron chi connectivity index (χ4n) is 2.01. The summed E-state index contributed by atoms with van der Waals surface area (Å²) in [6, 6.07) is 7.10. The van der Waals surface area contributed by atoms with Crippen molar-refractivity contribution in [3.05, 3.63) is 58.9 Å². The van der Waals surface area contributed by atoms with E-state index >= 15 is 0 Å². The average Bonchev–Trinajstić information content (AvgIpc) is 2.61. The Balaban J connectivity index is 1.66. The second-order valence-electron chi connectivity index (χ2n) is 5.09. The molecule has 2 rings (SSSR count). The molecule has 2 aromatic rings. The van der Waals surface area contributed by atoms with Gasteiger partial charge in [-0.2, -0.15) is 0 Å². The first-order valence-corrected chi connectivity index (χ1v) is 8.09. The van der Waals surface area contributed by atoms with Crippen LogP contribution in [0.25, 0.3) is 0 Å². The fourth-order valence-corrected chi connectivity index (χ4v) is 2.12. The van der Waals surface area contributed by atoms with E-state index in [4.69, 9.17) is 16.3 Å². The first-order valence-electron chi connectivity index (χ1n) is 7.71. The van der Waals surface area contributed by atoms with E-state index in [1.165, 1.54) is 6.07 Å². The molecule has 0 spiro atoms. The minimum Gasteiger partial charge on any atom is -0.492 e. The Bertz CT molecular complexity index is 710. The number of benzene rings is 1. The maximum atomic E-state index is 13.1. The Morgan fingerprint density at radius 1 is 1.16 bits per heavy atom. The summed E-state index contributed by atoms with van der Waals surface area (Å²) in [5.74, 6) is -0.930. The van der Waals surface area contributed by atoms with Crippen LogP contribution in [0, 0.1) is 11.6 Å². The quantitative estimate of drug-likeness (QED) is 0.341. The number of nitrogens with zero attached hydrogens (tertiary/aromatic N) is 2. The van der Waals surface area contributed by atoms with Crippen LogP contribution < -0.4 is 15.4 Å². The average molecular weight is 369 g/mol. The van der Waals surface area contributed by atoms with Gasteiger partial charge in [0.05, 0.1) is 6.54 Å². The van der Waals surface area contributed by atoms with Crippen LogP contribution in [0.1, 0.15) is 5.56 Å². The maximum absolute atomic E-state index is 13.1. The van der Waals surface area contributed by atoms with Crippen LogP contribution >= 0.6 is 11.6 Å². The van der Waals surface area contributed by atoms with E-state index < -0.39 is 11.6 Å². The van der Waals surface area contributed by atoms with E-state index in [2.05, 4.69) is 20.6 Å². The van der Waals surface area contributed by atoms with Crippen molar-refractivity contribution in [2.45, 2.75) is 6.42 Å². The number of aliphatic imine (C=N–C) groups is 1.